The van der Waals surface area contributed by atoms with Crippen LogP contribution in [0.2, 0.25) is 0 Å². The fourth-order valence-electron chi connectivity index (χ4n) is 3.46. The van der Waals surface area contributed by atoms with Gasteiger partial charge in [0.05, 0.1) is 16.3 Å². The largest absolute Gasteiger partial charge is 0.352 e. The third kappa shape index (κ3) is 3.32. The Bertz CT molecular complexity index is 992. The minimum absolute atomic E-state index is 0.0485. The summed E-state index contributed by atoms with van der Waals surface area (Å²) in [5.74, 6) is 0.874. The van der Waals surface area contributed by atoms with Crippen LogP contribution in [0.4, 0.5) is 10.9 Å². The van der Waals surface area contributed by atoms with E-state index in [1.807, 2.05) is 19.9 Å². The monoisotopic (exact) mass is 383 g/mol. The average molecular weight is 384 g/mol. The molecule has 1 aliphatic heterocycles. The smallest absolute Gasteiger partial charge is 0.267 e. The van der Waals surface area contributed by atoms with Gasteiger partial charge in [-0.25, -0.2) is 9.67 Å². The van der Waals surface area contributed by atoms with Crippen molar-refractivity contribution in [1.82, 2.24) is 14.8 Å². The molecule has 0 saturated carbocycles. The predicted molar refractivity (Wildman–Crippen MR) is 112 cm³/mol. The van der Waals surface area contributed by atoms with Crippen molar-refractivity contribution in [3.8, 4) is 0 Å². The summed E-state index contributed by atoms with van der Waals surface area (Å²) in [5.41, 5.74) is 3.60. The lowest BCUT2D eigenvalue weighted by Gasteiger charge is -2.35. The van der Waals surface area contributed by atoms with Crippen molar-refractivity contribution in [3.63, 3.8) is 0 Å². The number of aryl methyl sites for hydroxylation is 2. The lowest BCUT2D eigenvalue weighted by molar-refractivity contribution is 0.497. The SMILES string of the molecule is Cc1ccc(C)c2sc(N3CCN(c4ccc(=O)n(C(C)C)n4)CC3)nc12. The summed E-state index contributed by atoms with van der Waals surface area (Å²) >= 11 is 1.79. The average Bonchev–Trinajstić information content (AvgIpc) is 3.12. The molecule has 1 aromatic carbocycles. The van der Waals surface area contributed by atoms with Gasteiger partial charge in [0.25, 0.3) is 5.56 Å². The molecule has 7 heteroatoms. The van der Waals surface area contributed by atoms with E-state index in [1.165, 1.54) is 15.8 Å². The summed E-state index contributed by atoms with van der Waals surface area (Å²) in [6.45, 7) is 11.8. The van der Waals surface area contributed by atoms with Crippen LogP contribution < -0.4 is 15.4 Å². The van der Waals surface area contributed by atoms with E-state index in [-0.39, 0.29) is 11.6 Å². The Labute approximate surface area is 163 Å². The van der Waals surface area contributed by atoms with E-state index in [0.29, 0.717) is 0 Å². The maximum atomic E-state index is 11.9. The van der Waals surface area contributed by atoms with Crippen LogP contribution >= 0.6 is 11.3 Å². The van der Waals surface area contributed by atoms with Gasteiger partial charge in [-0.2, -0.15) is 5.10 Å². The van der Waals surface area contributed by atoms with E-state index in [4.69, 9.17) is 4.98 Å². The normalized spacial score (nSPS) is 15.1. The van der Waals surface area contributed by atoms with E-state index in [1.54, 1.807) is 22.1 Å². The summed E-state index contributed by atoms with van der Waals surface area (Å²) in [5, 5.41) is 5.65. The molecule has 0 unspecified atom stereocenters. The van der Waals surface area contributed by atoms with Crippen LogP contribution in [-0.2, 0) is 0 Å². The molecule has 142 valence electrons. The van der Waals surface area contributed by atoms with Gasteiger partial charge in [-0.15, -0.1) is 0 Å². The van der Waals surface area contributed by atoms with Crippen molar-refractivity contribution in [2.75, 3.05) is 36.0 Å². The molecule has 0 amide bonds. The van der Waals surface area contributed by atoms with Crippen molar-refractivity contribution in [2.45, 2.75) is 33.7 Å². The fourth-order valence-corrected chi connectivity index (χ4v) is 4.63. The Kier molecular flexibility index (Phi) is 4.63. The highest BCUT2D eigenvalue weighted by Gasteiger charge is 2.22. The minimum atomic E-state index is -0.0485. The molecule has 0 radical (unpaired) electrons. The number of thiazole rings is 1. The van der Waals surface area contributed by atoms with Crippen molar-refractivity contribution in [1.29, 1.82) is 0 Å². The Morgan fingerprint density at radius 2 is 1.63 bits per heavy atom. The van der Waals surface area contributed by atoms with Crippen LogP contribution in [0, 0.1) is 13.8 Å². The van der Waals surface area contributed by atoms with Crippen molar-refractivity contribution in [2.24, 2.45) is 0 Å². The molecule has 0 spiro atoms. The van der Waals surface area contributed by atoms with E-state index in [2.05, 4.69) is 40.9 Å². The van der Waals surface area contributed by atoms with E-state index >= 15 is 0 Å². The van der Waals surface area contributed by atoms with Crippen LogP contribution in [0.1, 0.15) is 31.0 Å². The number of nitrogens with zero attached hydrogens (tertiary/aromatic N) is 5. The zero-order valence-corrected chi connectivity index (χ0v) is 17.1. The summed E-state index contributed by atoms with van der Waals surface area (Å²) in [7, 11) is 0. The second-order valence-electron chi connectivity index (χ2n) is 7.42. The third-order valence-electron chi connectivity index (χ3n) is 5.11. The zero-order chi connectivity index (χ0) is 19.1. The topological polar surface area (TPSA) is 54.3 Å². The number of hydrogen-bond donors (Lipinski definition) is 0. The van der Waals surface area contributed by atoms with Gasteiger partial charge in [0.15, 0.2) is 5.13 Å². The van der Waals surface area contributed by atoms with Crippen LogP contribution in [0.25, 0.3) is 10.2 Å². The van der Waals surface area contributed by atoms with Gasteiger partial charge in [0.1, 0.15) is 5.82 Å². The molecule has 4 rings (SSSR count). The van der Waals surface area contributed by atoms with Gasteiger partial charge in [-0.1, -0.05) is 23.5 Å². The Hall–Kier alpha value is -2.41. The Balaban J connectivity index is 1.53. The summed E-state index contributed by atoms with van der Waals surface area (Å²) < 4.78 is 2.85. The van der Waals surface area contributed by atoms with Crippen molar-refractivity contribution < 1.29 is 0 Å². The molecule has 3 aromatic rings. The molecule has 2 aromatic heterocycles. The first-order chi connectivity index (χ1) is 12.9. The standard InChI is InChI=1S/C20H25N5OS/c1-13(2)25-17(26)8-7-16(22-25)23-9-11-24(12-10-23)20-21-18-14(3)5-6-15(4)19(18)27-20/h5-8,13H,9-12H2,1-4H3. The Morgan fingerprint density at radius 3 is 2.30 bits per heavy atom. The number of hydrogen-bond acceptors (Lipinski definition) is 6. The zero-order valence-electron chi connectivity index (χ0n) is 16.3. The lowest BCUT2D eigenvalue weighted by atomic mass is 10.1. The van der Waals surface area contributed by atoms with Gasteiger partial charge in [-0.05, 0) is 44.9 Å². The number of rotatable bonds is 3. The molecular formula is C20H25N5OS. The second kappa shape index (κ2) is 6.96. The molecule has 6 nitrogen and oxygen atoms in total. The first-order valence-electron chi connectivity index (χ1n) is 9.40. The summed E-state index contributed by atoms with van der Waals surface area (Å²) in [6.07, 6.45) is 0. The van der Waals surface area contributed by atoms with Gasteiger partial charge in [0.2, 0.25) is 0 Å². The highest BCUT2D eigenvalue weighted by Crippen LogP contribution is 2.33. The molecule has 0 atom stereocenters. The molecule has 27 heavy (non-hydrogen) atoms. The molecule has 0 bridgehead atoms. The molecule has 3 heterocycles. The van der Waals surface area contributed by atoms with Gasteiger partial charge >= 0.3 is 0 Å². The number of anilines is 2. The van der Waals surface area contributed by atoms with E-state index < -0.39 is 0 Å². The van der Waals surface area contributed by atoms with E-state index in [9.17, 15) is 4.79 Å². The van der Waals surface area contributed by atoms with Crippen molar-refractivity contribution >= 4 is 32.5 Å². The number of benzene rings is 1. The number of fused-ring (bicyclic) bond motifs is 1. The quantitative estimate of drug-likeness (QED) is 0.694. The molecule has 1 aliphatic rings. The maximum Gasteiger partial charge on any atom is 0.267 e. The molecule has 1 saturated heterocycles. The molecule has 1 fully saturated rings. The Morgan fingerprint density at radius 1 is 0.963 bits per heavy atom. The lowest BCUT2D eigenvalue weighted by Crippen LogP contribution is -2.47. The maximum absolute atomic E-state index is 11.9. The van der Waals surface area contributed by atoms with Crippen LogP contribution in [0.5, 0.6) is 0 Å². The minimum Gasteiger partial charge on any atom is -0.352 e. The van der Waals surface area contributed by atoms with Gasteiger partial charge < -0.3 is 9.80 Å². The number of aromatic nitrogens is 3. The summed E-state index contributed by atoms with van der Waals surface area (Å²) in [4.78, 5) is 21.5. The first kappa shape index (κ1) is 18.0. The highest BCUT2D eigenvalue weighted by molar-refractivity contribution is 7.22. The first-order valence-corrected chi connectivity index (χ1v) is 10.2. The van der Waals surface area contributed by atoms with Crippen molar-refractivity contribution in [3.05, 3.63) is 45.7 Å². The van der Waals surface area contributed by atoms with Crippen LogP contribution in [0.3, 0.4) is 0 Å². The van der Waals surface area contributed by atoms with Gasteiger partial charge in [0, 0.05) is 32.2 Å². The van der Waals surface area contributed by atoms with Gasteiger partial charge in [-0.3, -0.25) is 4.79 Å². The molecule has 0 N–H and O–H groups in total. The molecule has 0 aliphatic carbocycles. The second-order valence-corrected chi connectivity index (χ2v) is 8.39. The highest BCUT2D eigenvalue weighted by atomic mass is 32.1. The van der Waals surface area contributed by atoms with Crippen LogP contribution in [0.15, 0.2) is 29.1 Å². The fraction of sp³-hybridized carbons (Fsp3) is 0.450. The summed E-state index contributed by atoms with van der Waals surface area (Å²) in [6, 6.07) is 7.84. The van der Waals surface area contributed by atoms with Crippen LogP contribution in [-0.4, -0.2) is 40.9 Å². The van der Waals surface area contributed by atoms with E-state index in [0.717, 1.165) is 42.6 Å². The third-order valence-corrected chi connectivity index (χ3v) is 6.36. The molecular weight excluding hydrogens is 358 g/mol. The number of piperazine rings is 1. The predicted octanol–water partition coefficient (Wildman–Crippen LogP) is 3.38.